The highest BCUT2D eigenvalue weighted by Gasteiger charge is 2.19. The minimum absolute atomic E-state index is 0.234. The van der Waals surface area contributed by atoms with Crippen molar-refractivity contribution in [1.82, 2.24) is 0 Å². The van der Waals surface area contributed by atoms with Crippen LogP contribution in [0.2, 0.25) is 0 Å². The van der Waals surface area contributed by atoms with Crippen molar-refractivity contribution >= 4 is 11.6 Å². The second-order valence-corrected chi connectivity index (χ2v) is 6.85. The molecular weight excluding hydrogens is 350 g/mol. The number of benzene rings is 3. The zero-order chi connectivity index (χ0) is 19.9. The monoisotopic (exact) mass is 375 g/mol. The molecule has 0 bridgehead atoms. The third kappa shape index (κ3) is 4.92. The summed E-state index contributed by atoms with van der Waals surface area (Å²) in [6, 6.07) is 24.6. The van der Waals surface area contributed by atoms with Crippen LogP contribution in [0.15, 0.2) is 78.9 Å². The number of nitrogens with one attached hydrogen (secondary N) is 1. The average Bonchev–Trinajstić information content (AvgIpc) is 2.70. The van der Waals surface area contributed by atoms with Crippen molar-refractivity contribution in [2.45, 2.75) is 32.8 Å². The number of rotatable bonds is 7. The van der Waals surface area contributed by atoms with Gasteiger partial charge in [-0.05, 0) is 48.7 Å². The van der Waals surface area contributed by atoms with Crippen LogP contribution in [0.5, 0.6) is 17.2 Å². The van der Waals surface area contributed by atoms with E-state index in [4.69, 9.17) is 9.47 Å². The van der Waals surface area contributed by atoms with E-state index >= 15 is 0 Å². The molecule has 0 heterocycles. The Morgan fingerprint density at radius 2 is 1.39 bits per heavy atom. The molecule has 0 aliphatic carbocycles. The number of carbonyl (C=O) groups is 1. The van der Waals surface area contributed by atoms with Crippen LogP contribution in [-0.2, 0) is 4.79 Å². The standard InChI is InChI=1S/C24H25NO3/c1-17(2)20-13-7-9-15-22(20)27-18(3)24(26)25-21-14-8-10-16-23(21)28-19-11-5-4-6-12-19/h4-18H,1-3H3,(H,25,26)/t18-/m0/s1. The molecule has 1 atom stereocenters. The van der Waals surface area contributed by atoms with Gasteiger partial charge in [-0.1, -0.05) is 62.4 Å². The molecular formula is C24H25NO3. The van der Waals surface area contributed by atoms with Crippen molar-refractivity contribution in [1.29, 1.82) is 0 Å². The van der Waals surface area contributed by atoms with E-state index in [0.29, 0.717) is 23.1 Å². The lowest BCUT2D eigenvalue weighted by atomic mass is 10.0. The number of ether oxygens (including phenoxy) is 2. The number of amides is 1. The molecule has 0 fully saturated rings. The van der Waals surface area contributed by atoms with Gasteiger partial charge in [-0.25, -0.2) is 0 Å². The SMILES string of the molecule is CC(C)c1ccccc1O[C@@H](C)C(=O)Nc1ccccc1Oc1ccccc1. The fourth-order valence-corrected chi connectivity index (χ4v) is 2.82. The van der Waals surface area contributed by atoms with Crippen LogP contribution < -0.4 is 14.8 Å². The van der Waals surface area contributed by atoms with Crippen molar-refractivity contribution in [3.05, 3.63) is 84.4 Å². The molecule has 3 rings (SSSR count). The number of hydrogen-bond donors (Lipinski definition) is 1. The minimum Gasteiger partial charge on any atom is -0.481 e. The normalized spacial score (nSPS) is 11.7. The summed E-state index contributed by atoms with van der Waals surface area (Å²) in [5, 5.41) is 2.91. The van der Waals surface area contributed by atoms with Crippen molar-refractivity contribution in [3.63, 3.8) is 0 Å². The molecule has 0 saturated carbocycles. The Kier molecular flexibility index (Phi) is 6.33. The van der Waals surface area contributed by atoms with Gasteiger partial charge in [-0.3, -0.25) is 4.79 Å². The largest absolute Gasteiger partial charge is 0.481 e. The molecule has 144 valence electrons. The summed E-state index contributed by atoms with van der Waals surface area (Å²) in [4.78, 5) is 12.7. The van der Waals surface area contributed by atoms with Gasteiger partial charge >= 0.3 is 0 Å². The summed E-state index contributed by atoms with van der Waals surface area (Å²) in [5.74, 6) is 2.10. The first kappa shape index (κ1) is 19.5. The zero-order valence-electron chi connectivity index (χ0n) is 16.4. The maximum atomic E-state index is 12.7. The van der Waals surface area contributed by atoms with Crippen LogP contribution in [0, 0.1) is 0 Å². The van der Waals surface area contributed by atoms with Gasteiger partial charge in [0.1, 0.15) is 11.5 Å². The molecule has 1 amide bonds. The van der Waals surface area contributed by atoms with Gasteiger partial charge < -0.3 is 14.8 Å². The molecule has 0 unspecified atom stereocenters. The van der Waals surface area contributed by atoms with E-state index in [1.165, 1.54) is 0 Å². The highest BCUT2D eigenvalue weighted by molar-refractivity contribution is 5.95. The summed E-state index contributed by atoms with van der Waals surface area (Å²) >= 11 is 0. The highest BCUT2D eigenvalue weighted by Crippen LogP contribution is 2.30. The third-order valence-electron chi connectivity index (χ3n) is 4.33. The van der Waals surface area contributed by atoms with Crippen molar-refractivity contribution in [3.8, 4) is 17.2 Å². The Morgan fingerprint density at radius 3 is 2.11 bits per heavy atom. The van der Waals surface area contributed by atoms with E-state index in [1.807, 2.05) is 78.9 Å². The summed E-state index contributed by atoms with van der Waals surface area (Å²) in [7, 11) is 0. The lowest BCUT2D eigenvalue weighted by Gasteiger charge is -2.19. The maximum Gasteiger partial charge on any atom is 0.265 e. The molecule has 1 N–H and O–H groups in total. The highest BCUT2D eigenvalue weighted by atomic mass is 16.5. The van der Waals surface area contributed by atoms with E-state index in [0.717, 1.165) is 11.3 Å². The Labute approximate surface area is 166 Å². The molecule has 3 aromatic rings. The number of hydrogen-bond acceptors (Lipinski definition) is 3. The van der Waals surface area contributed by atoms with E-state index in [9.17, 15) is 4.79 Å². The van der Waals surface area contributed by atoms with Gasteiger partial charge in [-0.2, -0.15) is 0 Å². The Hall–Kier alpha value is -3.27. The predicted octanol–water partition coefficient (Wildman–Crippen LogP) is 6.01. The van der Waals surface area contributed by atoms with Crippen LogP contribution >= 0.6 is 0 Å². The number of carbonyl (C=O) groups excluding carboxylic acids is 1. The fourth-order valence-electron chi connectivity index (χ4n) is 2.82. The first-order chi connectivity index (χ1) is 13.5. The van der Waals surface area contributed by atoms with Crippen molar-refractivity contribution < 1.29 is 14.3 Å². The van der Waals surface area contributed by atoms with Crippen LogP contribution in [0.4, 0.5) is 5.69 Å². The molecule has 0 saturated heterocycles. The Morgan fingerprint density at radius 1 is 0.786 bits per heavy atom. The zero-order valence-corrected chi connectivity index (χ0v) is 16.4. The molecule has 4 nitrogen and oxygen atoms in total. The first-order valence-corrected chi connectivity index (χ1v) is 9.43. The van der Waals surface area contributed by atoms with Gasteiger partial charge in [0.15, 0.2) is 11.9 Å². The number of anilines is 1. The molecule has 0 aliphatic rings. The van der Waals surface area contributed by atoms with Gasteiger partial charge in [-0.15, -0.1) is 0 Å². The molecule has 28 heavy (non-hydrogen) atoms. The van der Waals surface area contributed by atoms with Crippen LogP contribution in [0.1, 0.15) is 32.3 Å². The smallest absolute Gasteiger partial charge is 0.265 e. The molecule has 0 spiro atoms. The van der Waals surface area contributed by atoms with Gasteiger partial charge in [0.2, 0.25) is 0 Å². The van der Waals surface area contributed by atoms with E-state index in [1.54, 1.807) is 6.92 Å². The quantitative estimate of drug-likeness (QED) is 0.550. The lowest BCUT2D eigenvalue weighted by Crippen LogP contribution is -2.30. The number of para-hydroxylation sites is 4. The van der Waals surface area contributed by atoms with E-state index in [2.05, 4.69) is 19.2 Å². The van der Waals surface area contributed by atoms with Crippen molar-refractivity contribution in [2.24, 2.45) is 0 Å². The fraction of sp³-hybridized carbons (Fsp3) is 0.208. The van der Waals surface area contributed by atoms with Crippen LogP contribution in [0.25, 0.3) is 0 Å². The first-order valence-electron chi connectivity index (χ1n) is 9.43. The molecule has 0 aliphatic heterocycles. The third-order valence-corrected chi connectivity index (χ3v) is 4.33. The second kappa shape index (κ2) is 9.09. The lowest BCUT2D eigenvalue weighted by molar-refractivity contribution is -0.122. The molecule has 0 radical (unpaired) electrons. The Bertz CT molecular complexity index is 922. The van der Waals surface area contributed by atoms with Gasteiger partial charge in [0.05, 0.1) is 5.69 Å². The minimum atomic E-state index is -0.648. The summed E-state index contributed by atoms with van der Waals surface area (Å²) in [5.41, 5.74) is 1.68. The molecule has 4 heteroatoms. The summed E-state index contributed by atoms with van der Waals surface area (Å²) in [6.45, 7) is 5.95. The second-order valence-electron chi connectivity index (χ2n) is 6.85. The van der Waals surface area contributed by atoms with E-state index < -0.39 is 6.10 Å². The summed E-state index contributed by atoms with van der Waals surface area (Å²) < 4.78 is 11.8. The molecule has 0 aromatic heterocycles. The topological polar surface area (TPSA) is 47.6 Å². The maximum absolute atomic E-state index is 12.7. The Balaban J connectivity index is 1.71. The summed E-state index contributed by atoms with van der Waals surface area (Å²) in [6.07, 6.45) is -0.648. The predicted molar refractivity (Wildman–Crippen MR) is 112 cm³/mol. The van der Waals surface area contributed by atoms with Crippen molar-refractivity contribution in [2.75, 3.05) is 5.32 Å². The van der Waals surface area contributed by atoms with Crippen LogP contribution in [-0.4, -0.2) is 12.0 Å². The van der Waals surface area contributed by atoms with Gasteiger partial charge in [0.25, 0.3) is 5.91 Å². The van der Waals surface area contributed by atoms with Gasteiger partial charge in [0, 0.05) is 0 Å². The molecule has 3 aromatic carbocycles. The average molecular weight is 375 g/mol. The van der Waals surface area contributed by atoms with Crippen LogP contribution in [0.3, 0.4) is 0 Å². The van der Waals surface area contributed by atoms with E-state index in [-0.39, 0.29) is 5.91 Å².